The van der Waals surface area contributed by atoms with Crippen molar-refractivity contribution in [2.45, 2.75) is 0 Å². The summed E-state index contributed by atoms with van der Waals surface area (Å²) >= 11 is 0. The maximum absolute atomic E-state index is 12.8. The van der Waals surface area contributed by atoms with Crippen LogP contribution in [0.2, 0.25) is 0 Å². The first kappa shape index (κ1) is 17.5. The van der Waals surface area contributed by atoms with Crippen LogP contribution in [0.25, 0.3) is 0 Å². The van der Waals surface area contributed by atoms with Crippen LogP contribution in [0.4, 0.5) is 0 Å². The lowest BCUT2D eigenvalue weighted by molar-refractivity contribution is -0.132. The van der Waals surface area contributed by atoms with Crippen molar-refractivity contribution in [2.24, 2.45) is 35.5 Å². The van der Waals surface area contributed by atoms with E-state index in [-0.39, 0.29) is 47.1 Å². The van der Waals surface area contributed by atoms with Crippen molar-refractivity contribution in [3.63, 3.8) is 0 Å². The average molecular weight is 314 g/mol. The van der Waals surface area contributed by atoms with Crippen LogP contribution in [0.5, 0.6) is 0 Å². The van der Waals surface area contributed by atoms with Gasteiger partial charge in [-0.25, -0.2) is 0 Å². The number of methoxy groups -OCH3 is 4. The van der Waals surface area contributed by atoms with Gasteiger partial charge in [0, 0.05) is 52.1 Å². The minimum atomic E-state index is -0.263. The zero-order valence-corrected chi connectivity index (χ0v) is 13.7. The van der Waals surface area contributed by atoms with Crippen LogP contribution in [0.15, 0.2) is 0 Å². The highest BCUT2D eigenvalue weighted by Crippen LogP contribution is 2.53. The maximum atomic E-state index is 12.8. The van der Waals surface area contributed by atoms with Crippen LogP contribution in [0.3, 0.4) is 0 Å². The largest absolute Gasteiger partial charge is 0.384 e. The van der Waals surface area contributed by atoms with Gasteiger partial charge < -0.3 is 18.9 Å². The molecule has 2 rings (SSSR count). The van der Waals surface area contributed by atoms with Gasteiger partial charge in [-0.05, 0) is 11.8 Å². The first-order chi connectivity index (χ1) is 10.6. The predicted octanol–water partition coefficient (Wildman–Crippen LogP) is 0.435. The molecule has 4 unspecified atom stereocenters. The van der Waals surface area contributed by atoms with Gasteiger partial charge in [0.15, 0.2) is 0 Å². The van der Waals surface area contributed by atoms with Gasteiger partial charge in [0.2, 0.25) is 0 Å². The number of rotatable bonds is 8. The zero-order chi connectivity index (χ0) is 16.3. The molecule has 0 spiro atoms. The molecular formula is C16H26O6. The summed E-state index contributed by atoms with van der Waals surface area (Å²) in [7, 11) is 6.34. The molecule has 6 heteroatoms. The van der Waals surface area contributed by atoms with E-state index in [9.17, 15) is 9.59 Å². The van der Waals surface area contributed by atoms with Crippen LogP contribution in [0.1, 0.15) is 0 Å². The first-order valence-corrected chi connectivity index (χ1v) is 7.65. The van der Waals surface area contributed by atoms with E-state index >= 15 is 0 Å². The molecular weight excluding hydrogens is 288 g/mol. The van der Waals surface area contributed by atoms with Crippen molar-refractivity contribution < 1.29 is 28.5 Å². The number of fused-ring (bicyclic) bond motifs is 1. The molecule has 2 aliphatic rings. The van der Waals surface area contributed by atoms with Crippen LogP contribution >= 0.6 is 0 Å². The molecule has 0 N–H and O–H groups in total. The smallest absolute Gasteiger partial charge is 0.144 e. The summed E-state index contributed by atoms with van der Waals surface area (Å²) in [5, 5.41) is 0. The van der Waals surface area contributed by atoms with Gasteiger partial charge in [-0.1, -0.05) is 0 Å². The van der Waals surface area contributed by atoms with E-state index < -0.39 is 0 Å². The van der Waals surface area contributed by atoms with Crippen molar-refractivity contribution >= 4 is 11.6 Å². The van der Waals surface area contributed by atoms with Gasteiger partial charge in [0.05, 0.1) is 26.4 Å². The van der Waals surface area contributed by atoms with Gasteiger partial charge in [-0.15, -0.1) is 0 Å². The van der Waals surface area contributed by atoms with Crippen LogP contribution < -0.4 is 0 Å². The quantitative estimate of drug-likeness (QED) is 0.647. The topological polar surface area (TPSA) is 71.1 Å². The number of carbonyl (C=O) groups excluding carboxylic acids is 2. The Hall–Kier alpha value is -0.820. The third-order valence-electron chi connectivity index (χ3n) is 5.15. The summed E-state index contributed by atoms with van der Waals surface area (Å²) < 4.78 is 21.0. The number of ketones is 2. The summed E-state index contributed by atoms with van der Waals surface area (Å²) in [4.78, 5) is 25.5. The zero-order valence-electron chi connectivity index (χ0n) is 13.7. The van der Waals surface area contributed by atoms with E-state index in [0.29, 0.717) is 26.4 Å². The van der Waals surface area contributed by atoms with Gasteiger partial charge in [0.1, 0.15) is 11.6 Å². The second kappa shape index (κ2) is 7.64. The van der Waals surface area contributed by atoms with E-state index in [1.54, 1.807) is 28.4 Å². The number of carbonyl (C=O) groups is 2. The summed E-state index contributed by atoms with van der Waals surface area (Å²) in [6.07, 6.45) is 0. The highest BCUT2D eigenvalue weighted by atomic mass is 16.5. The van der Waals surface area contributed by atoms with E-state index in [4.69, 9.17) is 18.9 Å². The summed E-state index contributed by atoms with van der Waals surface area (Å²) in [5.41, 5.74) is 0. The molecule has 2 saturated carbocycles. The van der Waals surface area contributed by atoms with E-state index in [0.717, 1.165) is 0 Å². The third kappa shape index (κ3) is 2.85. The lowest BCUT2D eigenvalue weighted by Crippen LogP contribution is -2.33. The highest BCUT2D eigenvalue weighted by Gasteiger charge is 2.62. The van der Waals surface area contributed by atoms with Crippen LogP contribution in [-0.2, 0) is 28.5 Å². The lowest BCUT2D eigenvalue weighted by atomic mass is 9.83. The second-order valence-corrected chi connectivity index (χ2v) is 6.21. The molecule has 0 amide bonds. The SMILES string of the molecule is COCC1C(=O)C(COC)C2C(COC)C(=O)C(COC)C12. The molecule has 0 aromatic rings. The maximum Gasteiger partial charge on any atom is 0.144 e. The lowest BCUT2D eigenvalue weighted by Gasteiger charge is -2.23. The van der Waals surface area contributed by atoms with Crippen molar-refractivity contribution in [3.05, 3.63) is 0 Å². The Morgan fingerprint density at radius 2 is 0.818 bits per heavy atom. The average Bonchev–Trinajstić information content (AvgIpc) is 2.90. The molecule has 0 aliphatic heterocycles. The Morgan fingerprint density at radius 1 is 0.591 bits per heavy atom. The molecule has 0 aromatic carbocycles. The van der Waals surface area contributed by atoms with Gasteiger partial charge >= 0.3 is 0 Å². The number of Topliss-reactive ketones (excluding diaryl/α,β-unsaturated/α-hetero) is 2. The van der Waals surface area contributed by atoms with Crippen LogP contribution in [-0.4, -0.2) is 66.4 Å². The Kier molecular flexibility index (Phi) is 6.09. The number of hydrogen-bond acceptors (Lipinski definition) is 6. The van der Waals surface area contributed by atoms with Gasteiger partial charge in [0.25, 0.3) is 0 Å². The molecule has 0 aromatic heterocycles. The summed E-state index contributed by atoms with van der Waals surface area (Å²) in [6, 6.07) is 0. The second-order valence-electron chi connectivity index (χ2n) is 6.21. The van der Waals surface area contributed by atoms with E-state index in [1.807, 2.05) is 0 Å². The van der Waals surface area contributed by atoms with E-state index in [1.165, 1.54) is 0 Å². The normalized spacial score (nSPS) is 37.8. The van der Waals surface area contributed by atoms with E-state index in [2.05, 4.69) is 0 Å². The van der Waals surface area contributed by atoms with Gasteiger partial charge in [-0.3, -0.25) is 9.59 Å². The minimum absolute atomic E-state index is 0.0415. The molecule has 6 nitrogen and oxygen atoms in total. The molecule has 2 aliphatic carbocycles. The monoisotopic (exact) mass is 314 g/mol. The van der Waals surface area contributed by atoms with Crippen molar-refractivity contribution in [3.8, 4) is 0 Å². The van der Waals surface area contributed by atoms with Gasteiger partial charge in [-0.2, -0.15) is 0 Å². The Labute approximate surface area is 131 Å². The Morgan fingerprint density at radius 3 is 1.00 bits per heavy atom. The molecule has 0 bridgehead atoms. The third-order valence-corrected chi connectivity index (χ3v) is 5.15. The minimum Gasteiger partial charge on any atom is -0.384 e. The fourth-order valence-corrected chi connectivity index (χ4v) is 4.43. The molecule has 2 fully saturated rings. The van der Waals surface area contributed by atoms with Crippen molar-refractivity contribution in [1.29, 1.82) is 0 Å². The molecule has 0 heterocycles. The first-order valence-electron chi connectivity index (χ1n) is 7.65. The van der Waals surface area contributed by atoms with Crippen molar-refractivity contribution in [1.82, 2.24) is 0 Å². The fraction of sp³-hybridized carbons (Fsp3) is 0.875. The standard InChI is InChI=1S/C16H26O6/c1-19-5-9-13-10(6-20-2)16(18)12(8-22-4)14(13)11(7-21-3)15(9)17/h9-14H,5-8H2,1-4H3. The van der Waals surface area contributed by atoms with Crippen molar-refractivity contribution in [2.75, 3.05) is 54.9 Å². The Balaban J connectivity index is 2.36. The number of hydrogen-bond donors (Lipinski definition) is 0. The molecule has 0 radical (unpaired) electrons. The number of ether oxygens (including phenoxy) is 4. The molecule has 22 heavy (non-hydrogen) atoms. The molecule has 0 saturated heterocycles. The predicted molar refractivity (Wildman–Crippen MR) is 78.5 cm³/mol. The summed E-state index contributed by atoms with van der Waals surface area (Å²) in [5.74, 6) is -0.841. The molecule has 4 atom stereocenters. The fourth-order valence-electron chi connectivity index (χ4n) is 4.43. The Bertz CT molecular complexity index is 339. The molecule has 126 valence electrons. The highest BCUT2D eigenvalue weighted by molar-refractivity contribution is 5.94. The summed E-state index contributed by atoms with van der Waals surface area (Å²) in [6.45, 7) is 1.36. The van der Waals surface area contributed by atoms with Crippen LogP contribution in [0, 0.1) is 35.5 Å².